The van der Waals surface area contributed by atoms with Gasteiger partial charge in [0.15, 0.2) is 5.82 Å². The zero-order valence-corrected chi connectivity index (χ0v) is 11.7. The number of aromatic nitrogens is 2. The van der Waals surface area contributed by atoms with Gasteiger partial charge in [-0.3, -0.25) is 0 Å². The molecule has 4 nitrogen and oxygen atoms in total. The van der Waals surface area contributed by atoms with E-state index in [9.17, 15) is 0 Å². The second kappa shape index (κ2) is 4.82. The Kier molecular flexibility index (Phi) is 3.41. The molecule has 0 aliphatic heterocycles. The molecule has 0 aliphatic carbocycles. The second-order valence-corrected chi connectivity index (χ2v) is 6.01. The van der Waals surface area contributed by atoms with Gasteiger partial charge < -0.3 is 4.90 Å². The van der Waals surface area contributed by atoms with Crippen molar-refractivity contribution >= 4 is 33.1 Å². The maximum Gasteiger partial charge on any atom is 0.172 e. The van der Waals surface area contributed by atoms with Gasteiger partial charge >= 0.3 is 0 Å². The number of nitrogens with zero attached hydrogens (tertiary/aromatic N) is 4. The van der Waals surface area contributed by atoms with Crippen molar-refractivity contribution in [3.05, 3.63) is 27.7 Å². The Morgan fingerprint density at radius 2 is 2.12 bits per heavy atom. The highest BCUT2D eigenvalue weighted by Crippen LogP contribution is 2.30. The van der Waals surface area contributed by atoms with Crippen molar-refractivity contribution in [3.8, 4) is 16.8 Å². The summed E-state index contributed by atoms with van der Waals surface area (Å²) in [6, 6.07) is 7.60. The van der Waals surface area contributed by atoms with E-state index in [2.05, 4.69) is 32.0 Å². The van der Waals surface area contributed by atoms with Gasteiger partial charge in [-0.05, 0) is 28.1 Å². The molecule has 2 aromatic rings. The van der Waals surface area contributed by atoms with E-state index in [-0.39, 0.29) is 0 Å². The number of thiophene rings is 1. The van der Waals surface area contributed by atoms with Gasteiger partial charge in [-0.1, -0.05) is 0 Å². The maximum absolute atomic E-state index is 8.96. The van der Waals surface area contributed by atoms with Crippen LogP contribution in [0.15, 0.2) is 22.0 Å². The van der Waals surface area contributed by atoms with Crippen LogP contribution >= 0.6 is 27.3 Å². The molecule has 0 fully saturated rings. The summed E-state index contributed by atoms with van der Waals surface area (Å²) in [6.45, 7) is 0. The molecule has 0 unspecified atom stereocenters. The molecule has 0 spiro atoms. The third kappa shape index (κ3) is 2.62. The van der Waals surface area contributed by atoms with Gasteiger partial charge in [-0.15, -0.1) is 11.3 Å². The molecule has 0 radical (unpaired) electrons. The van der Waals surface area contributed by atoms with Crippen molar-refractivity contribution in [1.82, 2.24) is 9.97 Å². The van der Waals surface area contributed by atoms with Gasteiger partial charge in [0.25, 0.3) is 0 Å². The zero-order chi connectivity index (χ0) is 12.4. The lowest BCUT2D eigenvalue weighted by Crippen LogP contribution is -2.12. The smallest absolute Gasteiger partial charge is 0.172 e. The average Bonchev–Trinajstić information content (AvgIpc) is 2.75. The van der Waals surface area contributed by atoms with Crippen LogP contribution in [-0.4, -0.2) is 24.1 Å². The van der Waals surface area contributed by atoms with E-state index in [4.69, 9.17) is 5.26 Å². The third-order valence-electron chi connectivity index (χ3n) is 2.08. The lowest BCUT2D eigenvalue weighted by molar-refractivity contribution is 1.04. The van der Waals surface area contributed by atoms with Gasteiger partial charge in [0.05, 0.1) is 8.66 Å². The first-order valence-electron chi connectivity index (χ1n) is 4.82. The number of rotatable bonds is 2. The number of hydrogen-bond acceptors (Lipinski definition) is 5. The molecule has 0 amide bonds. The molecule has 0 saturated heterocycles. The first kappa shape index (κ1) is 12.0. The molecule has 0 atom stereocenters. The van der Waals surface area contributed by atoms with Crippen LogP contribution in [0.3, 0.4) is 0 Å². The lowest BCUT2D eigenvalue weighted by atomic mass is 10.3. The molecule has 0 saturated carbocycles. The van der Waals surface area contributed by atoms with Crippen molar-refractivity contribution in [2.24, 2.45) is 0 Å². The van der Waals surface area contributed by atoms with Gasteiger partial charge in [-0.2, -0.15) is 5.26 Å². The Morgan fingerprint density at radius 3 is 2.65 bits per heavy atom. The van der Waals surface area contributed by atoms with E-state index in [0.717, 1.165) is 14.5 Å². The minimum Gasteiger partial charge on any atom is -0.363 e. The molecular formula is C11H9BrN4S. The Bertz CT molecular complexity index is 585. The molecule has 0 bridgehead atoms. The molecule has 2 rings (SSSR count). The van der Waals surface area contributed by atoms with Crippen LogP contribution < -0.4 is 4.90 Å². The minimum absolute atomic E-state index is 0.378. The van der Waals surface area contributed by atoms with Gasteiger partial charge in [0.2, 0.25) is 0 Å². The van der Waals surface area contributed by atoms with Crippen molar-refractivity contribution in [2.75, 3.05) is 19.0 Å². The van der Waals surface area contributed by atoms with Crippen molar-refractivity contribution in [2.45, 2.75) is 0 Å². The van der Waals surface area contributed by atoms with Crippen LogP contribution in [0.25, 0.3) is 10.7 Å². The molecule has 0 aliphatic rings. The topological polar surface area (TPSA) is 52.8 Å². The Hall–Kier alpha value is -1.45. The second-order valence-electron chi connectivity index (χ2n) is 3.54. The Balaban J connectivity index is 2.54. The summed E-state index contributed by atoms with van der Waals surface area (Å²) < 4.78 is 1.02. The monoisotopic (exact) mass is 308 g/mol. The fraction of sp³-hybridized carbons (Fsp3) is 0.182. The normalized spacial score (nSPS) is 10.0. The number of hydrogen-bond donors (Lipinski definition) is 0. The lowest BCUT2D eigenvalue weighted by Gasteiger charge is -2.11. The number of halogens is 1. The molecule has 86 valence electrons. The third-order valence-corrected chi connectivity index (χ3v) is 3.70. The average molecular weight is 309 g/mol. The van der Waals surface area contributed by atoms with E-state index in [1.165, 1.54) is 0 Å². The molecular weight excluding hydrogens is 300 g/mol. The van der Waals surface area contributed by atoms with Crippen LogP contribution in [0.4, 0.5) is 5.82 Å². The summed E-state index contributed by atoms with van der Waals surface area (Å²) in [6.07, 6.45) is 0. The quantitative estimate of drug-likeness (QED) is 0.856. The Labute approximate surface area is 112 Å². The van der Waals surface area contributed by atoms with Gasteiger partial charge in [0.1, 0.15) is 17.6 Å². The molecule has 2 aromatic heterocycles. The predicted octanol–water partition coefficient (Wildman–Crippen LogP) is 2.91. The summed E-state index contributed by atoms with van der Waals surface area (Å²) in [5, 5.41) is 8.96. The fourth-order valence-electron chi connectivity index (χ4n) is 1.27. The van der Waals surface area contributed by atoms with Crippen LogP contribution in [-0.2, 0) is 0 Å². The molecule has 0 aromatic carbocycles. The van der Waals surface area contributed by atoms with Crippen LogP contribution in [0.2, 0.25) is 0 Å². The summed E-state index contributed by atoms with van der Waals surface area (Å²) in [4.78, 5) is 11.4. The van der Waals surface area contributed by atoms with E-state index < -0.39 is 0 Å². The highest BCUT2D eigenvalue weighted by Gasteiger charge is 2.09. The Morgan fingerprint density at radius 1 is 1.35 bits per heavy atom. The summed E-state index contributed by atoms with van der Waals surface area (Å²) >= 11 is 4.94. The van der Waals surface area contributed by atoms with Crippen LogP contribution in [0, 0.1) is 11.3 Å². The van der Waals surface area contributed by atoms with Crippen LogP contribution in [0.5, 0.6) is 0 Å². The molecule has 2 heterocycles. The zero-order valence-electron chi connectivity index (χ0n) is 9.31. The van der Waals surface area contributed by atoms with Gasteiger partial charge in [-0.25, -0.2) is 9.97 Å². The first-order valence-corrected chi connectivity index (χ1v) is 6.43. The van der Waals surface area contributed by atoms with E-state index in [1.807, 2.05) is 31.1 Å². The largest absolute Gasteiger partial charge is 0.363 e. The summed E-state index contributed by atoms with van der Waals surface area (Å²) in [7, 11) is 3.77. The number of nitriles is 1. The van der Waals surface area contributed by atoms with E-state index >= 15 is 0 Å². The summed E-state index contributed by atoms with van der Waals surface area (Å²) in [5.74, 6) is 1.32. The van der Waals surface area contributed by atoms with Crippen molar-refractivity contribution in [3.63, 3.8) is 0 Å². The SMILES string of the molecule is CN(C)c1cc(C#N)nc(-c2ccc(Br)s2)n1. The van der Waals surface area contributed by atoms with E-state index in [1.54, 1.807) is 17.4 Å². The predicted molar refractivity (Wildman–Crippen MR) is 72.1 cm³/mol. The molecule has 0 N–H and O–H groups in total. The van der Waals surface area contributed by atoms with Crippen LogP contribution in [0.1, 0.15) is 5.69 Å². The van der Waals surface area contributed by atoms with E-state index in [0.29, 0.717) is 11.5 Å². The van der Waals surface area contributed by atoms with Crippen molar-refractivity contribution < 1.29 is 0 Å². The molecule has 6 heteroatoms. The minimum atomic E-state index is 0.378. The summed E-state index contributed by atoms with van der Waals surface area (Å²) in [5.41, 5.74) is 0.378. The number of anilines is 1. The first-order chi connectivity index (χ1) is 8.10. The molecule has 17 heavy (non-hydrogen) atoms. The van der Waals surface area contributed by atoms with Gasteiger partial charge in [0, 0.05) is 20.2 Å². The highest BCUT2D eigenvalue weighted by molar-refractivity contribution is 9.11. The standard InChI is InChI=1S/C11H9BrN4S/c1-16(2)10-5-7(6-13)14-11(15-10)8-3-4-9(12)17-8/h3-5H,1-2H3. The fourth-order valence-corrected chi connectivity index (χ4v) is 2.59. The maximum atomic E-state index is 8.96. The van der Waals surface area contributed by atoms with Crippen molar-refractivity contribution in [1.29, 1.82) is 5.26 Å². The highest BCUT2D eigenvalue weighted by atomic mass is 79.9.